The molecule has 0 aliphatic carbocycles. The number of nitrogens with one attached hydrogen (secondary N) is 1. The summed E-state index contributed by atoms with van der Waals surface area (Å²) in [6.45, 7) is 4.13. The minimum absolute atomic E-state index is 0.168. The summed E-state index contributed by atoms with van der Waals surface area (Å²) in [6, 6.07) is -0.284. The Morgan fingerprint density at radius 1 is 1.69 bits per heavy atom. The zero-order valence-corrected chi connectivity index (χ0v) is 7.77. The van der Waals surface area contributed by atoms with Crippen LogP contribution >= 0.6 is 0 Å². The first-order chi connectivity index (χ1) is 6.06. The van der Waals surface area contributed by atoms with Crippen LogP contribution in [0.2, 0.25) is 0 Å². The Hall–Kier alpha value is -1.42. The van der Waals surface area contributed by atoms with E-state index in [1.54, 1.807) is 0 Å². The Labute approximate surface area is 76.6 Å². The van der Waals surface area contributed by atoms with Crippen LogP contribution in [0, 0.1) is 5.92 Å². The van der Waals surface area contributed by atoms with Gasteiger partial charge in [-0.05, 0) is 17.9 Å². The summed E-state index contributed by atoms with van der Waals surface area (Å²) >= 11 is 0. The Kier molecular flexibility index (Phi) is 5.47. The van der Waals surface area contributed by atoms with Crippen molar-refractivity contribution in [2.24, 2.45) is 11.0 Å². The molecule has 0 aromatic carbocycles. The van der Waals surface area contributed by atoms with E-state index < -0.39 is 6.09 Å². The molecule has 0 aromatic heterocycles. The Balaban J connectivity index is 4.01. The summed E-state index contributed by atoms with van der Waals surface area (Å²) in [6.07, 6.45) is -0.413. The summed E-state index contributed by atoms with van der Waals surface area (Å²) in [7, 11) is 0. The van der Waals surface area contributed by atoms with Gasteiger partial charge in [0, 0.05) is 17.5 Å². The molecule has 0 spiro atoms. The van der Waals surface area contributed by atoms with Crippen molar-refractivity contribution in [3.63, 3.8) is 0 Å². The fourth-order valence-electron chi connectivity index (χ4n) is 1.06. The number of nitrogens with zero attached hydrogens (tertiary/aromatic N) is 3. The van der Waals surface area contributed by atoms with Gasteiger partial charge in [0.15, 0.2) is 0 Å². The molecule has 1 atom stereocenters. The van der Waals surface area contributed by atoms with Gasteiger partial charge in [0.05, 0.1) is 0 Å². The molecular formula is C7H14N4O2. The van der Waals surface area contributed by atoms with Crippen molar-refractivity contribution >= 4 is 6.09 Å². The third-order valence-electron chi connectivity index (χ3n) is 1.45. The minimum Gasteiger partial charge on any atom is -0.465 e. The van der Waals surface area contributed by atoms with Crippen LogP contribution in [0.1, 0.15) is 20.3 Å². The topological polar surface area (TPSA) is 98.1 Å². The largest absolute Gasteiger partial charge is 0.465 e. The molecule has 0 aliphatic heterocycles. The standard InChI is InChI=1S/C7H14N4O2/c1-5(2)3-6(4-9-11-8)10-7(12)13/h5-6,10H,3-4H2,1-2H3,(H,12,13). The second-order valence-electron chi connectivity index (χ2n) is 3.19. The predicted octanol–water partition coefficient (Wildman–Crippen LogP) is 1.98. The lowest BCUT2D eigenvalue weighted by Gasteiger charge is -2.16. The molecule has 74 valence electrons. The third-order valence-corrected chi connectivity index (χ3v) is 1.45. The average molecular weight is 186 g/mol. The van der Waals surface area contributed by atoms with E-state index in [4.69, 9.17) is 10.6 Å². The van der Waals surface area contributed by atoms with E-state index in [0.29, 0.717) is 12.3 Å². The van der Waals surface area contributed by atoms with Crippen molar-refractivity contribution in [2.75, 3.05) is 6.54 Å². The van der Waals surface area contributed by atoms with Gasteiger partial charge in [0.1, 0.15) is 0 Å². The van der Waals surface area contributed by atoms with Crippen LogP contribution in [0.15, 0.2) is 5.11 Å². The molecule has 0 rings (SSSR count). The Morgan fingerprint density at radius 3 is 2.69 bits per heavy atom. The lowest BCUT2D eigenvalue weighted by molar-refractivity contribution is 0.188. The third kappa shape index (κ3) is 6.96. The van der Waals surface area contributed by atoms with Crippen LogP contribution < -0.4 is 5.32 Å². The average Bonchev–Trinajstić information content (AvgIpc) is 1.98. The van der Waals surface area contributed by atoms with Gasteiger partial charge in [0.25, 0.3) is 0 Å². The first kappa shape index (κ1) is 11.6. The van der Waals surface area contributed by atoms with Gasteiger partial charge in [0.2, 0.25) is 0 Å². The van der Waals surface area contributed by atoms with Gasteiger partial charge >= 0.3 is 6.09 Å². The van der Waals surface area contributed by atoms with E-state index in [1.807, 2.05) is 13.8 Å². The maximum Gasteiger partial charge on any atom is 0.404 e. The van der Waals surface area contributed by atoms with Crippen molar-refractivity contribution in [3.05, 3.63) is 10.4 Å². The number of carbonyl (C=O) groups is 1. The molecule has 0 fully saturated rings. The van der Waals surface area contributed by atoms with E-state index in [9.17, 15) is 4.79 Å². The molecule has 6 nitrogen and oxygen atoms in total. The number of azide groups is 1. The van der Waals surface area contributed by atoms with Gasteiger partial charge in [-0.15, -0.1) is 0 Å². The highest BCUT2D eigenvalue weighted by molar-refractivity contribution is 5.64. The smallest absolute Gasteiger partial charge is 0.404 e. The fourth-order valence-corrected chi connectivity index (χ4v) is 1.06. The predicted molar refractivity (Wildman–Crippen MR) is 48.4 cm³/mol. The summed E-state index contributed by atoms with van der Waals surface area (Å²) in [5.74, 6) is 0.366. The lowest BCUT2D eigenvalue weighted by atomic mass is 10.0. The van der Waals surface area contributed by atoms with Crippen molar-refractivity contribution in [2.45, 2.75) is 26.3 Å². The molecule has 13 heavy (non-hydrogen) atoms. The van der Waals surface area contributed by atoms with Crippen LogP contribution in [-0.4, -0.2) is 23.8 Å². The highest BCUT2D eigenvalue weighted by Gasteiger charge is 2.11. The minimum atomic E-state index is -1.08. The van der Waals surface area contributed by atoms with Crippen molar-refractivity contribution in [3.8, 4) is 0 Å². The van der Waals surface area contributed by atoms with Crippen LogP contribution in [0.4, 0.5) is 4.79 Å². The summed E-state index contributed by atoms with van der Waals surface area (Å²) in [5.41, 5.74) is 8.07. The molecular weight excluding hydrogens is 172 g/mol. The maximum absolute atomic E-state index is 10.3. The molecule has 0 aliphatic rings. The quantitative estimate of drug-likeness (QED) is 0.390. The second kappa shape index (κ2) is 6.14. The fraction of sp³-hybridized carbons (Fsp3) is 0.857. The molecule has 0 aromatic rings. The van der Waals surface area contributed by atoms with Crippen LogP contribution in [0.5, 0.6) is 0 Å². The van der Waals surface area contributed by atoms with Gasteiger partial charge in [-0.2, -0.15) is 0 Å². The summed E-state index contributed by atoms with van der Waals surface area (Å²) < 4.78 is 0. The molecule has 6 heteroatoms. The maximum atomic E-state index is 10.3. The number of amides is 1. The second-order valence-corrected chi connectivity index (χ2v) is 3.19. The van der Waals surface area contributed by atoms with Gasteiger partial charge in [-0.1, -0.05) is 19.0 Å². The molecule has 0 bridgehead atoms. The first-order valence-corrected chi connectivity index (χ1v) is 4.06. The number of hydrogen-bond donors (Lipinski definition) is 2. The van der Waals surface area contributed by atoms with Gasteiger partial charge in [-0.25, -0.2) is 4.79 Å². The molecule has 0 heterocycles. The van der Waals surface area contributed by atoms with Crippen LogP contribution in [0.3, 0.4) is 0 Å². The highest BCUT2D eigenvalue weighted by Crippen LogP contribution is 2.04. The summed E-state index contributed by atoms with van der Waals surface area (Å²) in [4.78, 5) is 12.9. The molecule has 0 saturated carbocycles. The number of carboxylic acid groups (broad SMARTS) is 1. The normalized spacial score (nSPS) is 11.9. The number of rotatable bonds is 5. The van der Waals surface area contributed by atoms with E-state index >= 15 is 0 Å². The van der Waals surface area contributed by atoms with E-state index in [1.165, 1.54) is 0 Å². The summed E-state index contributed by atoms with van der Waals surface area (Å²) in [5, 5.41) is 14.1. The molecule has 1 unspecified atom stereocenters. The first-order valence-electron chi connectivity index (χ1n) is 4.06. The van der Waals surface area contributed by atoms with Crippen LogP contribution in [0.25, 0.3) is 10.4 Å². The van der Waals surface area contributed by atoms with Gasteiger partial charge < -0.3 is 10.4 Å². The van der Waals surface area contributed by atoms with Crippen molar-refractivity contribution < 1.29 is 9.90 Å². The highest BCUT2D eigenvalue weighted by atomic mass is 16.4. The van der Waals surface area contributed by atoms with Crippen LogP contribution in [-0.2, 0) is 0 Å². The lowest BCUT2D eigenvalue weighted by Crippen LogP contribution is -2.36. The van der Waals surface area contributed by atoms with E-state index in [0.717, 1.165) is 0 Å². The SMILES string of the molecule is CC(C)CC(CN=[N+]=[N-])NC(=O)O. The molecule has 0 radical (unpaired) electrons. The van der Waals surface area contributed by atoms with Crippen molar-refractivity contribution in [1.82, 2.24) is 5.32 Å². The molecule has 0 saturated heterocycles. The van der Waals surface area contributed by atoms with Crippen molar-refractivity contribution in [1.29, 1.82) is 0 Å². The Morgan fingerprint density at radius 2 is 2.31 bits per heavy atom. The zero-order chi connectivity index (χ0) is 10.3. The molecule has 1 amide bonds. The van der Waals surface area contributed by atoms with E-state index in [-0.39, 0.29) is 12.6 Å². The van der Waals surface area contributed by atoms with E-state index in [2.05, 4.69) is 15.3 Å². The monoisotopic (exact) mass is 186 g/mol. The Bertz CT molecular complexity index is 207. The number of hydrogen-bond acceptors (Lipinski definition) is 2. The molecule has 2 N–H and O–H groups in total. The zero-order valence-electron chi connectivity index (χ0n) is 7.77. The van der Waals surface area contributed by atoms with Gasteiger partial charge in [-0.3, -0.25) is 0 Å².